The number of carboxylic acids is 1. The molecule has 5 heteroatoms. The molecule has 0 bridgehead atoms. The summed E-state index contributed by atoms with van der Waals surface area (Å²) in [5.74, 6) is -0.626. The number of hydrogen-bond acceptors (Lipinski definition) is 3. The minimum Gasteiger partial charge on any atom is -0.481 e. The molecule has 2 N–H and O–H groups in total. The van der Waals surface area contributed by atoms with Crippen molar-refractivity contribution in [2.45, 2.75) is 83.3 Å². The Morgan fingerprint density at radius 1 is 1.32 bits per heavy atom. The van der Waals surface area contributed by atoms with Crippen LogP contribution in [0.4, 0.5) is 0 Å². The number of unbranched alkanes of at least 4 members (excludes halogenated alkanes) is 3. The summed E-state index contributed by atoms with van der Waals surface area (Å²) in [6.45, 7) is 2.69. The number of aliphatic carboxylic acids is 1. The van der Waals surface area contributed by atoms with E-state index in [0.717, 1.165) is 38.5 Å². The van der Waals surface area contributed by atoms with Crippen LogP contribution < -0.4 is 0 Å². The summed E-state index contributed by atoms with van der Waals surface area (Å²) in [6.07, 6.45) is 15.2. The Morgan fingerprint density at radius 3 is 2.84 bits per heavy atom. The molecule has 0 radical (unpaired) electrons. The van der Waals surface area contributed by atoms with Gasteiger partial charge in [0.2, 0.25) is 5.91 Å². The minimum absolute atomic E-state index is 0.0470. The Kier molecular flexibility index (Phi) is 10.9. The zero-order chi connectivity index (χ0) is 18.5. The van der Waals surface area contributed by atoms with Crippen molar-refractivity contribution < 1.29 is 19.8 Å². The van der Waals surface area contributed by atoms with Crippen LogP contribution in [0.5, 0.6) is 0 Å². The number of likely N-dealkylation sites (tertiary alicyclic amines) is 1. The molecule has 0 saturated carbocycles. The van der Waals surface area contributed by atoms with E-state index in [-0.39, 0.29) is 18.4 Å². The number of rotatable bonds is 12. The van der Waals surface area contributed by atoms with Crippen molar-refractivity contribution in [1.29, 1.82) is 0 Å². The van der Waals surface area contributed by atoms with E-state index in [1.807, 2.05) is 29.2 Å². The first kappa shape index (κ1) is 21.4. The predicted octanol–water partition coefficient (Wildman–Crippen LogP) is 3.68. The van der Waals surface area contributed by atoms with Crippen LogP contribution in [0.3, 0.4) is 0 Å². The zero-order valence-corrected chi connectivity index (χ0v) is 15.4. The summed E-state index contributed by atoms with van der Waals surface area (Å²) in [4.78, 5) is 24.5. The van der Waals surface area contributed by atoms with E-state index in [2.05, 4.69) is 6.92 Å². The van der Waals surface area contributed by atoms with Gasteiger partial charge >= 0.3 is 5.97 Å². The van der Waals surface area contributed by atoms with Gasteiger partial charge < -0.3 is 15.1 Å². The van der Waals surface area contributed by atoms with Crippen molar-refractivity contribution in [2.75, 3.05) is 6.54 Å². The van der Waals surface area contributed by atoms with Crippen molar-refractivity contribution in [1.82, 2.24) is 4.90 Å². The molecule has 0 aromatic rings. The normalized spacial score (nSPS) is 19.8. The smallest absolute Gasteiger partial charge is 0.303 e. The summed E-state index contributed by atoms with van der Waals surface area (Å²) in [5, 5.41) is 18.6. The quantitative estimate of drug-likeness (QED) is 0.415. The Hall–Kier alpha value is -1.62. The average Bonchev–Trinajstić information content (AvgIpc) is 2.57. The maximum atomic E-state index is 12.2. The second-order valence-electron chi connectivity index (χ2n) is 6.71. The third-order valence-corrected chi connectivity index (χ3v) is 4.50. The second kappa shape index (κ2) is 12.7. The van der Waals surface area contributed by atoms with Crippen LogP contribution >= 0.6 is 0 Å². The molecule has 0 aromatic carbocycles. The average molecular weight is 351 g/mol. The molecule has 2 atom stereocenters. The van der Waals surface area contributed by atoms with Crippen molar-refractivity contribution in [3.05, 3.63) is 24.3 Å². The minimum atomic E-state index is -0.776. The number of aliphatic hydroxyl groups excluding tert-OH is 1. The molecule has 1 aliphatic heterocycles. The molecule has 1 fully saturated rings. The molecule has 0 aliphatic carbocycles. The van der Waals surface area contributed by atoms with Gasteiger partial charge in [-0.3, -0.25) is 9.59 Å². The maximum absolute atomic E-state index is 12.2. The van der Waals surface area contributed by atoms with Crippen LogP contribution in [-0.4, -0.2) is 45.7 Å². The lowest BCUT2D eigenvalue weighted by molar-refractivity contribution is -0.137. The highest BCUT2D eigenvalue weighted by Gasteiger charge is 2.25. The molecule has 1 amide bonds. The lowest BCUT2D eigenvalue weighted by Crippen LogP contribution is -2.42. The molecule has 1 saturated heterocycles. The van der Waals surface area contributed by atoms with Crippen LogP contribution in [0.1, 0.15) is 71.1 Å². The Bertz CT molecular complexity index is 459. The van der Waals surface area contributed by atoms with Crippen LogP contribution in [-0.2, 0) is 9.59 Å². The van der Waals surface area contributed by atoms with Gasteiger partial charge in [-0.25, -0.2) is 0 Å². The fourth-order valence-electron chi connectivity index (χ4n) is 3.02. The summed E-state index contributed by atoms with van der Waals surface area (Å²) < 4.78 is 0. The third kappa shape index (κ3) is 9.44. The van der Waals surface area contributed by atoms with Crippen molar-refractivity contribution in [3.63, 3.8) is 0 Å². The molecular weight excluding hydrogens is 318 g/mol. The van der Waals surface area contributed by atoms with Crippen molar-refractivity contribution in [3.8, 4) is 0 Å². The van der Waals surface area contributed by atoms with Crippen LogP contribution in [0.25, 0.3) is 0 Å². The highest BCUT2D eigenvalue weighted by molar-refractivity contribution is 5.77. The Labute approximate surface area is 151 Å². The second-order valence-corrected chi connectivity index (χ2v) is 6.71. The fraction of sp³-hybridized carbons (Fsp3) is 0.700. The summed E-state index contributed by atoms with van der Waals surface area (Å²) >= 11 is 0. The van der Waals surface area contributed by atoms with Gasteiger partial charge in [-0.1, -0.05) is 50.5 Å². The molecule has 25 heavy (non-hydrogen) atoms. The molecule has 5 nitrogen and oxygen atoms in total. The lowest BCUT2D eigenvalue weighted by atomic mass is 10.00. The standard InChI is InChI=1S/C20H33NO4/c1-2-3-6-11-18(22)15-14-17-10-9-12-19(23)21(17)16-8-5-4-7-13-20(24)25/h5,8,14-15,17-18,22H,2-4,6-7,9-13,16H2,1H3,(H,24,25)/t17?,18-/m1/s1. The SMILES string of the molecule is CCCCC[C@@H](O)C=CC1CCCC(=O)N1CC=CCCCC(=O)O. The van der Waals surface area contributed by atoms with E-state index in [1.165, 1.54) is 0 Å². The van der Waals surface area contributed by atoms with Crippen LogP contribution in [0.15, 0.2) is 24.3 Å². The van der Waals surface area contributed by atoms with E-state index in [4.69, 9.17) is 5.11 Å². The van der Waals surface area contributed by atoms with Gasteiger partial charge in [0.25, 0.3) is 0 Å². The van der Waals surface area contributed by atoms with Gasteiger partial charge in [0, 0.05) is 19.4 Å². The number of allylic oxidation sites excluding steroid dienone is 1. The summed E-state index contributed by atoms with van der Waals surface area (Å²) in [7, 11) is 0. The van der Waals surface area contributed by atoms with E-state index >= 15 is 0 Å². The molecule has 1 rings (SSSR count). The number of piperidine rings is 1. The number of hydrogen-bond donors (Lipinski definition) is 2. The van der Waals surface area contributed by atoms with Crippen molar-refractivity contribution in [2.24, 2.45) is 0 Å². The molecular formula is C20H33NO4. The topological polar surface area (TPSA) is 77.8 Å². The van der Waals surface area contributed by atoms with E-state index in [0.29, 0.717) is 25.8 Å². The first-order chi connectivity index (χ1) is 12.0. The van der Waals surface area contributed by atoms with E-state index in [9.17, 15) is 14.7 Å². The third-order valence-electron chi connectivity index (χ3n) is 4.50. The van der Waals surface area contributed by atoms with Crippen LogP contribution in [0.2, 0.25) is 0 Å². The lowest BCUT2D eigenvalue weighted by Gasteiger charge is -2.33. The van der Waals surface area contributed by atoms with Gasteiger partial charge in [0.05, 0.1) is 12.1 Å². The monoisotopic (exact) mass is 351 g/mol. The van der Waals surface area contributed by atoms with Gasteiger partial charge in [-0.15, -0.1) is 0 Å². The molecule has 142 valence electrons. The Morgan fingerprint density at radius 2 is 2.12 bits per heavy atom. The van der Waals surface area contributed by atoms with Gasteiger partial charge in [0.15, 0.2) is 0 Å². The van der Waals surface area contributed by atoms with Gasteiger partial charge in [0.1, 0.15) is 0 Å². The molecule has 0 spiro atoms. The first-order valence-corrected chi connectivity index (χ1v) is 9.57. The number of carboxylic acid groups (broad SMARTS) is 1. The van der Waals surface area contributed by atoms with Gasteiger partial charge in [-0.2, -0.15) is 0 Å². The highest BCUT2D eigenvalue weighted by atomic mass is 16.4. The largest absolute Gasteiger partial charge is 0.481 e. The van der Waals surface area contributed by atoms with Gasteiger partial charge in [-0.05, 0) is 32.1 Å². The highest BCUT2D eigenvalue weighted by Crippen LogP contribution is 2.20. The number of aliphatic hydroxyl groups is 1. The number of amides is 1. The Balaban J connectivity index is 2.45. The fourth-order valence-corrected chi connectivity index (χ4v) is 3.02. The first-order valence-electron chi connectivity index (χ1n) is 9.57. The molecule has 1 heterocycles. The number of nitrogens with zero attached hydrogens (tertiary/aromatic N) is 1. The zero-order valence-electron chi connectivity index (χ0n) is 15.4. The number of carbonyl (C=O) groups excluding carboxylic acids is 1. The summed E-state index contributed by atoms with van der Waals surface area (Å²) in [6, 6.07) is 0.0470. The van der Waals surface area contributed by atoms with E-state index < -0.39 is 12.1 Å². The number of carbonyl (C=O) groups is 2. The molecule has 1 unspecified atom stereocenters. The van der Waals surface area contributed by atoms with Crippen LogP contribution in [0, 0.1) is 0 Å². The molecule has 1 aliphatic rings. The summed E-state index contributed by atoms with van der Waals surface area (Å²) in [5.41, 5.74) is 0. The maximum Gasteiger partial charge on any atom is 0.303 e. The van der Waals surface area contributed by atoms with Crippen molar-refractivity contribution >= 4 is 11.9 Å². The van der Waals surface area contributed by atoms with E-state index in [1.54, 1.807) is 0 Å². The molecule has 0 aromatic heterocycles. The predicted molar refractivity (Wildman–Crippen MR) is 99.3 cm³/mol.